The Morgan fingerprint density at radius 3 is 2.65 bits per heavy atom. The first kappa shape index (κ1) is 14.5. The second-order valence-electron chi connectivity index (χ2n) is 5.05. The van der Waals surface area contributed by atoms with E-state index >= 15 is 0 Å². The van der Waals surface area contributed by atoms with Crippen LogP contribution in [0.15, 0.2) is 24.3 Å². The first-order valence-electron chi connectivity index (χ1n) is 6.92. The molecule has 1 N–H and O–H groups in total. The van der Waals surface area contributed by atoms with Gasteiger partial charge in [-0.25, -0.2) is 4.39 Å². The molecule has 1 aromatic rings. The molecule has 1 aromatic carbocycles. The van der Waals surface area contributed by atoms with Gasteiger partial charge in [0.25, 0.3) is 0 Å². The quantitative estimate of drug-likeness (QED) is 0.913. The third-order valence-corrected chi connectivity index (χ3v) is 3.42. The van der Waals surface area contributed by atoms with Crippen LogP contribution in [0.5, 0.6) is 0 Å². The van der Waals surface area contributed by atoms with Crippen LogP contribution in [0.1, 0.15) is 31.7 Å². The Morgan fingerprint density at radius 2 is 2.00 bits per heavy atom. The highest BCUT2D eigenvalue weighted by molar-refractivity contribution is 5.89. The molecule has 0 radical (unpaired) electrons. The number of halogens is 1. The van der Waals surface area contributed by atoms with Crippen molar-refractivity contribution in [1.29, 1.82) is 0 Å². The van der Waals surface area contributed by atoms with Crippen molar-refractivity contribution in [1.82, 2.24) is 10.2 Å². The predicted octanol–water partition coefficient (Wildman–Crippen LogP) is 1.84. The molecule has 0 spiro atoms. The molecule has 5 heteroatoms. The molecule has 2 amide bonds. The van der Waals surface area contributed by atoms with Crippen LogP contribution in [0.3, 0.4) is 0 Å². The van der Waals surface area contributed by atoms with Gasteiger partial charge in [-0.05, 0) is 24.1 Å². The highest BCUT2D eigenvalue weighted by atomic mass is 19.1. The number of nitrogens with zero attached hydrogens (tertiary/aromatic N) is 1. The molecule has 1 atom stereocenters. The van der Waals surface area contributed by atoms with Gasteiger partial charge in [0.05, 0.1) is 0 Å². The summed E-state index contributed by atoms with van der Waals surface area (Å²) in [5.74, 6) is -0.433. The van der Waals surface area contributed by atoms with Gasteiger partial charge in [-0.2, -0.15) is 0 Å². The summed E-state index contributed by atoms with van der Waals surface area (Å²) in [5.41, 5.74) is 0.865. The molecule has 2 rings (SSSR count). The lowest BCUT2D eigenvalue weighted by molar-refractivity contribution is -0.134. The van der Waals surface area contributed by atoms with Crippen molar-refractivity contribution >= 4 is 11.8 Å². The molecule has 1 aliphatic heterocycles. The molecule has 0 aliphatic carbocycles. The van der Waals surface area contributed by atoms with Crippen LogP contribution in [-0.4, -0.2) is 29.3 Å². The van der Waals surface area contributed by atoms with E-state index in [0.29, 0.717) is 25.9 Å². The van der Waals surface area contributed by atoms with Gasteiger partial charge < -0.3 is 10.2 Å². The first-order chi connectivity index (χ1) is 9.60. The number of benzene rings is 1. The zero-order valence-electron chi connectivity index (χ0n) is 11.6. The van der Waals surface area contributed by atoms with Crippen molar-refractivity contribution in [3.8, 4) is 0 Å². The normalized spacial score (nSPS) is 19.7. The Hall–Kier alpha value is -1.91. The minimum atomic E-state index is -0.435. The molecule has 1 saturated heterocycles. The first-order valence-corrected chi connectivity index (χ1v) is 6.92. The van der Waals surface area contributed by atoms with Crippen molar-refractivity contribution in [2.45, 2.75) is 38.8 Å². The van der Waals surface area contributed by atoms with E-state index in [4.69, 9.17) is 0 Å². The summed E-state index contributed by atoms with van der Waals surface area (Å²) in [6.45, 7) is 2.80. The molecular weight excluding hydrogens is 259 g/mol. The van der Waals surface area contributed by atoms with E-state index in [1.54, 1.807) is 17.0 Å². The highest BCUT2D eigenvalue weighted by Gasteiger charge is 2.28. The molecule has 1 fully saturated rings. The number of carbonyl (C=O) groups is 2. The van der Waals surface area contributed by atoms with Gasteiger partial charge in [0, 0.05) is 19.5 Å². The van der Waals surface area contributed by atoms with Crippen LogP contribution in [0, 0.1) is 5.82 Å². The molecule has 108 valence electrons. The second-order valence-corrected chi connectivity index (χ2v) is 5.05. The molecule has 1 unspecified atom stereocenters. The molecule has 1 aliphatic rings. The maximum Gasteiger partial charge on any atom is 0.245 e. The monoisotopic (exact) mass is 278 g/mol. The third kappa shape index (κ3) is 3.56. The van der Waals surface area contributed by atoms with Gasteiger partial charge in [-0.1, -0.05) is 25.5 Å². The van der Waals surface area contributed by atoms with Gasteiger partial charge in [0.2, 0.25) is 11.8 Å². The van der Waals surface area contributed by atoms with Gasteiger partial charge >= 0.3 is 0 Å². The Labute approximate surface area is 118 Å². The summed E-state index contributed by atoms with van der Waals surface area (Å²) in [6.07, 6.45) is 1.79. The molecule has 0 aromatic heterocycles. The third-order valence-electron chi connectivity index (χ3n) is 3.42. The van der Waals surface area contributed by atoms with Crippen molar-refractivity contribution in [2.75, 3.05) is 6.54 Å². The smallest absolute Gasteiger partial charge is 0.245 e. The number of hydrogen-bond acceptors (Lipinski definition) is 2. The fraction of sp³-hybridized carbons (Fsp3) is 0.467. The minimum absolute atomic E-state index is 0.0537. The van der Waals surface area contributed by atoms with Crippen molar-refractivity contribution < 1.29 is 14.0 Å². The summed E-state index contributed by atoms with van der Waals surface area (Å²) in [4.78, 5) is 25.7. The lowest BCUT2D eigenvalue weighted by Gasteiger charge is -2.24. The van der Waals surface area contributed by atoms with E-state index in [2.05, 4.69) is 5.32 Å². The largest absolute Gasteiger partial charge is 0.344 e. The van der Waals surface area contributed by atoms with Crippen molar-refractivity contribution in [3.05, 3.63) is 35.6 Å². The predicted molar refractivity (Wildman–Crippen MR) is 73.3 cm³/mol. The van der Waals surface area contributed by atoms with Gasteiger partial charge in [-0.3, -0.25) is 9.59 Å². The number of amides is 2. The summed E-state index contributed by atoms with van der Waals surface area (Å²) in [7, 11) is 0. The van der Waals surface area contributed by atoms with E-state index < -0.39 is 6.04 Å². The summed E-state index contributed by atoms with van der Waals surface area (Å²) < 4.78 is 12.9. The number of rotatable bonds is 4. The summed E-state index contributed by atoms with van der Waals surface area (Å²) in [6, 6.07) is 5.65. The average molecular weight is 278 g/mol. The average Bonchev–Trinajstić information content (AvgIpc) is 2.55. The van der Waals surface area contributed by atoms with E-state index in [0.717, 1.165) is 12.0 Å². The molecular formula is C15H19FN2O2. The lowest BCUT2D eigenvalue weighted by atomic mass is 10.1. The van der Waals surface area contributed by atoms with Crippen LogP contribution in [0.25, 0.3) is 0 Å². The molecule has 20 heavy (non-hydrogen) atoms. The molecule has 1 heterocycles. The van der Waals surface area contributed by atoms with Gasteiger partial charge in [-0.15, -0.1) is 0 Å². The van der Waals surface area contributed by atoms with Gasteiger partial charge in [0.15, 0.2) is 0 Å². The molecule has 0 bridgehead atoms. The van der Waals surface area contributed by atoms with Crippen molar-refractivity contribution in [3.63, 3.8) is 0 Å². The van der Waals surface area contributed by atoms with E-state index in [1.165, 1.54) is 12.1 Å². The maximum absolute atomic E-state index is 12.9. The molecule has 4 nitrogen and oxygen atoms in total. The highest BCUT2D eigenvalue weighted by Crippen LogP contribution is 2.13. The van der Waals surface area contributed by atoms with Crippen LogP contribution in [0.4, 0.5) is 4.39 Å². The van der Waals surface area contributed by atoms with Crippen LogP contribution in [-0.2, 0) is 16.1 Å². The summed E-state index contributed by atoms with van der Waals surface area (Å²) >= 11 is 0. The Balaban J connectivity index is 2.10. The van der Waals surface area contributed by atoms with Crippen molar-refractivity contribution in [2.24, 2.45) is 0 Å². The fourth-order valence-corrected chi connectivity index (χ4v) is 2.35. The minimum Gasteiger partial charge on any atom is -0.344 e. The topological polar surface area (TPSA) is 49.4 Å². The number of hydrogen-bond donors (Lipinski definition) is 1. The Kier molecular flexibility index (Phi) is 4.71. The van der Waals surface area contributed by atoms with Crippen LogP contribution >= 0.6 is 0 Å². The standard InChI is InChI=1S/C15H19FN2O2/c1-2-3-13-15(20)18(9-8-14(19)17-13)10-11-4-6-12(16)7-5-11/h4-7,13H,2-3,8-10H2,1H3,(H,17,19). The van der Waals surface area contributed by atoms with Gasteiger partial charge in [0.1, 0.15) is 11.9 Å². The summed E-state index contributed by atoms with van der Waals surface area (Å²) in [5, 5.41) is 2.76. The van der Waals surface area contributed by atoms with Crippen LogP contribution < -0.4 is 5.32 Å². The van der Waals surface area contributed by atoms with E-state index in [9.17, 15) is 14.0 Å². The number of nitrogens with one attached hydrogen (secondary N) is 1. The zero-order chi connectivity index (χ0) is 14.5. The fourth-order valence-electron chi connectivity index (χ4n) is 2.35. The lowest BCUT2D eigenvalue weighted by Crippen LogP contribution is -2.44. The Bertz CT molecular complexity index is 487. The number of carbonyl (C=O) groups excluding carboxylic acids is 2. The van der Waals surface area contributed by atoms with E-state index in [-0.39, 0.29) is 17.6 Å². The second kappa shape index (κ2) is 6.50. The van der Waals surface area contributed by atoms with Crippen LogP contribution in [0.2, 0.25) is 0 Å². The Morgan fingerprint density at radius 1 is 1.30 bits per heavy atom. The maximum atomic E-state index is 12.9. The van der Waals surface area contributed by atoms with E-state index in [1.807, 2.05) is 6.92 Å². The SMILES string of the molecule is CCCC1NC(=O)CCN(Cc2ccc(F)cc2)C1=O. The zero-order valence-corrected chi connectivity index (χ0v) is 11.6. The molecule has 0 saturated carbocycles.